The number of aromatic amines is 1. The molecule has 128 valence electrons. The highest BCUT2D eigenvalue weighted by molar-refractivity contribution is 7.14. The number of anilines is 1. The summed E-state index contributed by atoms with van der Waals surface area (Å²) < 4.78 is 1.47. The average Bonchev–Trinajstić information content (AvgIpc) is 3.22. The number of nitrogens with zero attached hydrogens (tertiary/aromatic N) is 1. The standard InChI is InChI=1S/C18H17N3O3S/c1-12-2-8-16(25-12)15(22)7-9-17(23)20-13-3-5-14(6-4-13)21-11-10-19-18(21)24/h2-6,8,10-11H,7,9H2,1H3,(H,19,24)(H,20,23). The van der Waals surface area contributed by atoms with E-state index in [1.807, 2.05) is 13.0 Å². The Morgan fingerprint density at radius 3 is 2.48 bits per heavy atom. The molecule has 0 saturated carbocycles. The molecule has 7 heteroatoms. The summed E-state index contributed by atoms with van der Waals surface area (Å²) in [6.45, 7) is 1.94. The van der Waals surface area contributed by atoms with Gasteiger partial charge in [-0.05, 0) is 43.3 Å². The molecule has 0 aliphatic carbocycles. The molecule has 0 aliphatic heterocycles. The quantitative estimate of drug-likeness (QED) is 0.666. The number of thiophene rings is 1. The second-order valence-electron chi connectivity index (χ2n) is 5.56. The lowest BCUT2D eigenvalue weighted by molar-refractivity contribution is -0.116. The van der Waals surface area contributed by atoms with Gasteiger partial charge in [0.05, 0.1) is 10.6 Å². The minimum atomic E-state index is -0.223. The fourth-order valence-corrected chi connectivity index (χ4v) is 3.22. The van der Waals surface area contributed by atoms with E-state index in [9.17, 15) is 14.4 Å². The first-order valence-electron chi connectivity index (χ1n) is 7.79. The molecule has 1 aromatic carbocycles. The van der Waals surface area contributed by atoms with Crippen molar-refractivity contribution < 1.29 is 9.59 Å². The van der Waals surface area contributed by atoms with E-state index < -0.39 is 0 Å². The zero-order chi connectivity index (χ0) is 17.8. The Labute approximate surface area is 148 Å². The first-order chi connectivity index (χ1) is 12.0. The minimum Gasteiger partial charge on any atom is -0.326 e. The van der Waals surface area contributed by atoms with Gasteiger partial charge in [-0.1, -0.05) is 0 Å². The van der Waals surface area contributed by atoms with Gasteiger partial charge in [-0.2, -0.15) is 0 Å². The van der Waals surface area contributed by atoms with E-state index in [4.69, 9.17) is 0 Å². The monoisotopic (exact) mass is 355 g/mol. The zero-order valence-electron chi connectivity index (χ0n) is 13.6. The summed E-state index contributed by atoms with van der Waals surface area (Å²) in [4.78, 5) is 39.9. The summed E-state index contributed by atoms with van der Waals surface area (Å²) in [6, 6.07) is 10.6. The van der Waals surface area contributed by atoms with Gasteiger partial charge in [-0.3, -0.25) is 14.2 Å². The van der Waals surface area contributed by atoms with Gasteiger partial charge >= 0.3 is 5.69 Å². The molecule has 0 bridgehead atoms. The van der Waals surface area contributed by atoms with E-state index in [2.05, 4.69) is 10.3 Å². The number of benzene rings is 1. The van der Waals surface area contributed by atoms with Gasteiger partial charge < -0.3 is 10.3 Å². The first-order valence-corrected chi connectivity index (χ1v) is 8.60. The number of carbonyl (C=O) groups excluding carboxylic acids is 2. The maximum Gasteiger partial charge on any atom is 0.330 e. The van der Waals surface area contributed by atoms with Crippen LogP contribution < -0.4 is 11.0 Å². The van der Waals surface area contributed by atoms with Crippen molar-refractivity contribution in [3.8, 4) is 5.69 Å². The van der Waals surface area contributed by atoms with Crippen molar-refractivity contribution in [1.29, 1.82) is 0 Å². The molecule has 0 fully saturated rings. The molecule has 0 saturated heterocycles. The van der Waals surface area contributed by atoms with Crippen molar-refractivity contribution in [3.63, 3.8) is 0 Å². The topological polar surface area (TPSA) is 84.0 Å². The Morgan fingerprint density at radius 2 is 1.88 bits per heavy atom. The summed E-state index contributed by atoms with van der Waals surface area (Å²) in [5.41, 5.74) is 1.10. The highest BCUT2D eigenvalue weighted by Gasteiger charge is 2.11. The molecule has 3 rings (SSSR count). The highest BCUT2D eigenvalue weighted by Crippen LogP contribution is 2.18. The molecule has 3 aromatic rings. The molecule has 2 N–H and O–H groups in total. The second-order valence-corrected chi connectivity index (χ2v) is 6.85. The third kappa shape index (κ3) is 4.13. The zero-order valence-corrected chi connectivity index (χ0v) is 14.4. The Morgan fingerprint density at radius 1 is 1.12 bits per heavy atom. The predicted octanol–water partition coefficient (Wildman–Crippen LogP) is 3.14. The van der Waals surface area contributed by atoms with Crippen LogP contribution in [0, 0.1) is 6.92 Å². The smallest absolute Gasteiger partial charge is 0.326 e. The van der Waals surface area contributed by atoms with Gasteiger partial charge in [0.1, 0.15) is 0 Å². The Bertz CT molecular complexity index is 950. The number of carbonyl (C=O) groups is 2. The molecule has 0 spiro atoms. The molecule has 2 heterocycles. The number of aromatic nitrogens is 2. The van der Waals surface area contributed by atoms with E-state index in [-0.39, 0.29) is 30.2 Å². The summed E-state index contributed by atoms with van der Waals surface area (Å²) >= 11 is 1.44. The van der Waals surface area contributed by atoms with Crippen LogP contribution >= 0.6 is 11.3 Å². The SMILES string of the molecule is Cc1ccc(C(=O)CCC(=O)Nc2ccc(-n3cc[nH]c3=O)cc2)s1. The van der Waals surface area contributed by atoms with Crippen LogP contribution in [0.15, 0.2) is 53.6 Å². The van der Waals surface area contributed by atoms with Gasteiger partial charge in [-0.25, -0.2) is 4.79 Å². The van der Waals surface area contributed by atoms with Gasteiger partial charge in [0.15, 0.2) is 5.78 Å². The Hall–Kier alpha value is -2.93. The summed E-state index contributed by atoms with van der Waals surface area (Å²) in [5.74, 6) is -0.233. The molecule has 0 unspecified atom stereocenters. The van der Waals surface area contributed by atoms with Crippen LogP contribution in [0.5, 0.6) is 0 Å². The Balaban J connectivity index is 1.55. The number of aryl methyl sites for hydroxylation is 1. The number of rotatable bonds is 6. The van der Waals surface area contributed by atoms with Crippen molar-refractivity contribution in [2.24, 2.45) is 0 Å². The molecule has 2 aromatic heterocycles. The largest absolute Gasteiger partial charge is 0.330 e. The number of H-pyrrole nitrogens is 1. The molecule has 0 atom stereocenters. The van der Waals surface area contributed by atoms with Crippen LogP contribution in [0.4, 0.5) is 5.69 Å². The van der Waals surface area contributed by atoms with Gasteiger partial charge in [0.25, 0.3) is 0 Å². The number of nitrogens with one attached hydrogen (secondary N) is 2. The number of Topliss-reactive ketones (excluding diaryl/α,β-unsaturated/α-hetero) is 1. The summed E-state index contributed by atoms with van der Waals surface area (Å²) in [7, 11) is 0. The minimum absolute atomic E-state index is 0.0181. The number of imidazole rings is 1. The Kier molecular flexibility index (Phi) is 4.95. The molecule has 1 amide bonds. The van der Waals surface area contributed by atoms with Gasteiger partial charge in [-0.15, -0.1) is 11.3 Å². The van der Waals surface area contributed by atoms with Crippen LogP contribution in [0.3, 0.4) is 0 Å². The third-order valence-electron chi connectivity index (χ3n) is 3.67. The normalized spacial score (nSPS) is 10.6. The van der Waals surface area contributed by atoms with E-state index >= 15 is 0 Å². The number of amides is 1. The molecular weight excluding hydrogens is 338 g/mol. The van der Waals surface area contributed by atoms with Crippen LogP contribution in [0.25, 0.3) is 5.69 Å². The lowest BCUT2D eigenvalue weighted by atomic mass is 10.2. The number of hydrogen-bond donors (Lipinski definition) is 2. The maximum atomic E-state index is 12.0. The van der Waals surface area contributed by atoms with Crippen molar-refractivity contribution in [2.75, 3.05) is 5.32 Å². The lowest BCUT2D eigenvalue weighted by Gasteiger charge is -2.06. The molecular formula is C18H17N3O3S. The predicted molar refractivity (Wildman–Crippen MR) is 97.6 cm³/mol. The van der Waals surface area contributed by atoms with Crippen molar-refractivity contribution in [3.05, 3.63) is 69.0 Å². The van der Waals surface area contributed by atoms with E-state index in [0.29, 0.717) is 16.3 Å². The van der Waals surface area contributed by atoms with Gasteiger partial charge in [0.2, 0.25) is 5.91 Å². The van der Waals surface area contributed by atoms with Crippen LogP contribution in [-0.4, -0.2) is 21.2 Å². The first kappa shape index (κ1) is 16.9. The van der Waals surface area contributed by atoms with Crippen LogP contribution in [0.2, 0.25) is 0 Å². The third-order valence-corrected chi connectivity index (χ3v) is 4.71. The molecule has 25 heavy (non-hydrogen) atoms. The van der Waals surface area contributed by atoms with Crippen molar-refractivity contribution in [2.45, 2.75) is 19.8 Å². The molecule has 6 nitrogen and oxygen atoms in total. The van der Waals surface area contributed by atoms with Crippen LogP contribution in [-0.2, 0) is 4.79 Å². The fourth-order valence-electron chi connectivity index (χ4n) is 2.39. The van der Waals surface area contributed by atoms with E-state index in [1.54, 1.807) is 42.7 Å². The van der Waals surface area contributed by atoms with Gasteiger partial charge in [0, 0.05) is 35.8 Å². The highest BCUT2D eigenvalue weighted by atomic mass is 32.1. The second kappa shape index (κ2) is 7.31. The molecule has 0 aliphatic rings. The van der Waals surface area contributed by atoms with E-state index in [0.717, 1.165) is 4.88 Å². The fraction of sp³-hybridized carbons (Fsp3) is 0.167. The van der Waals surface area contributed by atoms with Crippen molar-refractivity contribution >= 4 is 28.7 Å². The van der Waals surface area contributed by atoms with Crippen molar-refractivity contribution in [1.82, 2.24) is 9.55 Å². The number of ketones is 1. The average molecular weight is 355 g/mol. The maximum absolute atomic E-state index is 12.0. The summed E-state index contributed by atoms with van der Waals surface area (Å²) in [5, 5.41) is 2.76. The van der Waals surface area contributed by atoms with E-state index in [1.165, 1.54) is 15.9 Å². The number of hydrogen-bond acceptors (Lipinski definition) is 4. The molecule has 0 radical (unpaired) electrons. The van der Waals surface area contributed by atoms with Crippen LogP contribution in [0.1, 0.15) is 27.4 Å². The summed E-state index contributed by atoms with van der Waals surface area (Å²) in [6.07, 6.45) is 3.51. The lowest BCUT2D eigenvalue weighted by Crippen LogP contribution is -2.15.